The highest BCUT2D eigenvalue weighted by Gasteiger charge is 2.17. The first-order chi connectivity index (χ1) is 12.0. The minimum absolute atomic E-state index is 0.0927. The molecule has 1 aromatic carbocycles. The molecule has 5 nitrogen and oxygen atoms in total. The van der Waals surface area contributed by atoms with Gasteiger partial charge in [0.15, 0.2) is 0 Å². The molecule has 1 aliphatic rings. The van der Waals surface area contributed by atoms with Crippen LogP contribution in [-0.4, -0.2) is 35.3 Å². The second-order valence-electron chi connectivity index (χ2n) is 7.06. The quantitative estimate of drug-likeness (QED) is 0.880. The van der Waals surface area contributed by atoms with Gasteiger partial charge in [-0.1, -0.05) is 17.7 Å². The summed E-state index contributed by atoms with van der Waals surface area (Å²) in [6, 6.07) is 6.56. The number of aromatic nitrogens is 2. The number of carbonyl (C=O) groups is 1. The number of piperidine rings is 1. The Balaban J connectivity index is 1.55. The van der Waals surface area contributed by atoms with Crippen LogP contribution >= 0.6 is 0 Å². The van der Waals surface area contributed by atoms with E-state index in [0.717, 1.165) is 32.4 Å². The van der Waals surface area contributed by atoms with Crippen molar-refractivity contribution in [1.82, 2.24) is 20.4 Å². The van der Waals surface area contributed by atoms with E-state index in [0.29, 0.717) is 18.3 Å². The normalized spacial score (nSPS) is 17.5. The van der Waals surface area contributed by atoms with Gasteiger partial charge in [0, 0.05) is 19.3 Å². The SMILES string of the molecule is Cc1cc(C)c(CCNC(=O)c2ccn(C3CCCNC3)n2)c(C)c1. The van der Waals surface area contributed by atoms with Crippen LogP contribution in [0.15, 0.2) is 24.4 Å². The summed E-state index contributed by atoms with van der Waals surface area (Å²) in [5.74, 6) is -0.0927. The third-order valence-corrected chi connectivity index (χ3v) is 4.99. The molecule has 2 aromatic rings. The molecule has 134 valence electrons. The molecule has 1 aromatic heterocycles. The number of amides is 1. The molecule has 0 radical (unpaired) electrons. The number of benzene rings is 1. The maximum absolute atomic E-state index is 12.4. The number of hydrogen-bond donors (Lipinski definition) is 2. The van der Waals surface area contributed by atoms with Crippen molar-refractivity contribution in [1.29, 1.82) is 0 Å². The summed E-state index contributed by atoms with van der Waals surface area (Å²) in [6.07, 6.45) is 5.03. The van der Waals surface area contributed by atoms with Gasteiger partial charge in [-0.3, -0.25) is 9.48 Å². The standard InChI is InChI=1S/C20H28N4O/c1-14-11-15(2)18(16(3)12-14)6-9-22-20(25)19-7-10-24(23-19)17-5-4-8-21-13-17/h7,10-12,17,21H,4-6,8-9,13H2,1-3H3,(H,22,25). The lowest BCUT2D eigenvalue weighted by molar-refractivity contribution is 0.0947. The van der Waals surface area contributed by atoms with E-state index in [1.165, 1.54) is 22.3 Å². The number of carbonyl (C=O) groups excluding carboxylic acids is 1. The summed E-state index contributed by atoms with van der Waals surface area (Å²) in [6.45, 7) is 9.01. The van der Waals surface area contributed by atoms with Crippen molar-refractivity contribution in [2.45, 2.75) is 46.1 Å². The predicted molar refractivity (Wildman–Crippen MR) is 100 cm³/mol. The lowest BCUT2D eigenvalue weighted by Gasteiger charge is -2.22. The lowest BCUT2D eigenvalue weighted by Crippen LogP contribution is -2.32. The van der Waals surface area contributed by atoms with Gasteiger partial charge in [-0.25, -0.2) is 0 Å². The van der Waals surface area contributed by atoms with Gasteiger partial charge < -0.3 is 10.6 Å². The van der Waals surface area contributed by atoms with Crippen LogP contribution in [0.4, 0.5) is 0 Å². The molecule has 0 aliphatic carbocycles. The largest absolute Gasteiger partial charge is 0.350 e. The third-order valence-electron chi connectivity index (χ3n) is 4.99. The summed E-state index contributed by atoms with van der Waals surface area (Å²) >= 11 is 0. The van der Waals surface area contributed by atoms with Crippen LogP contribution in [0.5, 0.6) is 0 Å². The second kappa shape index (κ2) is 7.83. The number of aryl methyl sites for hydroxylation is 3. The number of nitrogens with one attached hydrogen (secondary N) is 2. The van der Waals surface area contributed by atoms with Crippen LogP contribution in [-0.2, 0) is 6.42 Å². The van der Waals surface area contributed by atoms with E-state index in [9.17, 15) is 4.79 Å². The molecule has 25 heavy (non-hydrogen) atoms. The van der Waals surface area contributed by atoms with Gasteiger partial charge in [-0.05, 0) is 69.3 Å². The first-order valence-corrected chi connectivity index (χ1v) is 9.15. The van der Waals surface area contributed by atoms with Crippen molar-refractivity contribution in [3.63, 3.8) is 0 Å². The van der Waals surface area contributed by atoms with Gasteiger partial charge in [-0.15, -0.1) is 0 Å². The average Bonchev–Trinajstić information content (AvgIpc) is 3.08. The monoisotopic (exact) mass is 340 g/mol. The van der Waals surface area contributed by atoms with E-state index in [1.54, 1.807) is 0 Å². The van der Waals surface area contributed by atoms with E-state index in [2.05, 4.69) is 48.6 Å². The Hall–Kier alpha value is -2.14. The highest BCUT2D eigenvalue weighted by atomic mass is 16.1. The highest BCUT2D eigenvalue weighted by Crippen LogP contribution is 2.17. The van der Waals surface area contributed by atoms with Gasteiger partial charge in [0.25, 0.3) is 5.91 Å². The summed E-state index contributed by atoms with van der Waals surface area (Å²) < 4.78 is 1.93. The van der Waals surface area contributed by atoms with E-state index in [4.69, 9.17) is 0 Å². The average molecular weight is 340 g/mol. The molecule has 5 heteroatoms. The fourth-order valence-corrected chi connectivity index (χ4v) is 3.72. The zero-order valence-electron chi connectivity index (χ0n) is 15.4. The van der Waals surface area contributed by atoms with Crippen molar-refractivity contribution in [3.8, 4) is 0 Å². The Bertz CT molecular complexity index is 721. The Morgan fingerprint density at radius 3 is 2.76 bits per heavy atom. The smallest absolute Gasteiger partial charge is 0.271 e. The third kappa shape index (κ3) is 4.28. The molecule has 1 fully saturated rings. The Labute approximate surface area is 149 Å². The summed E-state index contributed by atoms with van der Waals surface area (Å²) in [4.78, 5) is 12.4. The van der Waals surface area contributed by atoms with Crippen LogP contribution < -0.4 is 10.6 Å². The molecule has 2 heterocycles. The minimum Gasteiger partial charge on any atom is -0.350 e. The molecule has 2 N–H and O–H groups in total. The Morgan fingerprint density at radius 2 is 2.08 bits per heavy atom. The zero-order chi connectivity index (χ0) is 17.8. The van der Waals surface area contributed by atoms with Crippen molar-refractivity contribution in [2.24, 2.45) is 0 Å². The molecule has 3 rings (SSSR count). The number of hydrogen-bond acceptors (Lipinski definition) is 3. The van der Waals surface area contributed by atoms with Crippen molar-refractivity contribution in [3.05, 3.63) is 52.3 Å². The molecule has 1 aliphatic heterocycles. The maximum atomic E-state index is 12.4. The van der Waals surface area contributed by atoms with Gasteiger partial charge >= 0.3 is 0 Å². The highest BCUT2D eigenvalue weighted by molar-refractivity contribution is 5.92. The maximum Gasteiger partial charge on any atom is 0.271 e. The van der Waals surface area contributed by atoms with E-state index in [-0.39, 0.29) is 5.91 Å². The van der Waals surface area contributed by atoms with Gasteiger partial charge in [0.2, 0.25) is 0 Å². The van der Waals surface area contributed by atoms with Crippen LogP contribution in [0.3, 0.4) is 0 Å². The van der Waals surface area contributed by atoms with E-state index < -0.39 is 0 Å². The molecule has 0 bridgehead atoms. The molecular formula is C20H28N4O. The van der Waals surface area contributed by atoms with Crippen LogP contribution in [0.25, 0.3) is 0 Å². The molecule has 1 amide bonds. The summed E-state index contributed by atoms with van der Waals surface area (Å²) in [7, 11) is 0. The van der Waals surface area contributed by atoms with E-state index >= 15 is 0 Å². The number of nitrogens with zero attached hydrogens (tertiary/aromatic N) is 2. The predicted octanol–water partition coefficient (Wildman–Crippen LogP) is 2.71. The zero-order valence-corrected chi connectivity index (χ0v) is 15.4. The molecule has 1 saturated heterocycles. The van der Waals surface area contributed by atoms with Gasteiger partial charge in [0.05, 0.1) is 6.04 Å². The first-order valence-electron chi connectivity index (χ1n) is 9.15. The molecule has 1 unspecified atom stereocenters. The minimum atomic E-state index is -0.0927. The first kappa shape index (κ1) is 17.7. The van der Waals surface area contributed by atoms with Gasteiger partial charge in [0.1, 0.15) is 5.69 Å². The molecular weight excluding hydrogens is 312 g/mol. The van der Waals surface area contributed by atoms with Crippen molar-refractivity contribution in [2.75, 3.05) is 19.6 Å². The van der Waals surface area contributed by atoms with E-state index in [1.807, 2.05) is 16.9 Å². The Kier molecular flexibility index (Phi) is 5.53. The molecule has 0 saturated carbocycles. The molecule has 1 atom stereocenters. The van der Waals surface area contributed by atoms with Crippen molar-refractivity contribution >= 4 is 5.91 Å². The van der Waals surface area contributed by atoms with Crippen molar-refractivity contribution < 1.29 is 4.79 Å². The topological polar surface area (TPSA) is 59.0 Å². The fraction of sp³-hybridized carbons (Fsp3) is 0.500. The summed E-state index contributed by atoms with van der Waals surface area (Å²) in [5, 5.41) is 10.9. The number of rotatable bonds is 5. The second-order valence-corrected chi connectivity index (χ2v) is 7.06. The fourth-order valence-electron chi connectivity index (χ4n) is 3.72. The van der Waals surface area contributed by atoms with Gasteiger partial charge in [-0.2, -0.15) is 5.10 Å². The molecule has 0 spiro atoms. The van der Waals surface area contributed by atoms with Crippen LogP contribution in [0.1, 0.15) is 51.6 Å². The Morgan fingerprint density at radius 1 is 1.32 bits per heavy atom. The summed E-state index contributed by atoms with van der Waals surface area (Å²) in [5.41, 5.74) is 5.69. The van der Waals surface area contributed by atoms with Crippen LogP contribution in [0, 0.1) is 20.8 Å². The van der Waals surface area contributed by atoms with Crippen LogP contribution in [0.2, 0.25) is 0 Å². The lowest BCUT2D eigenvalue weighted by atomic mass is 9.97.